The summed E-state index contributed by atoms with van der Waals surface area (Å²) in [5, 5.41) is 26.3. The fourth-order valence-corrected chi connectivity index (χ4v) is 2.77. The summed E-state index contributed by atoms with van der Waals surface area (Å²) in [6.07, 6.45) is 3.16. The second-order valence-electron chi connectivity index (χ2n) is 6.19. The van der Waals surface area contributed by atoms with Crippen molar-refractivity contribution in [3.8, 4) is 6.07 Å². The lowest BCUT2D eigenvalue weighted by atomic mass is 10.2. The Morgan fingerprint density at radius 2 is 2.22 bits per heavy atom. The summed E-state index contributed by atoms with van der Waals surface area (Å²) in [6.45, 7) is 4.31. The van der Waals surface area contributed by atoms with E-state index in [0.717, 1.165) is 11.1 Å². The van der Waals surface area contributed by atoms with E-state index < -0.39 is 0 Å². The van der Waals surface area contributed by atoms with E-state index in [4.69, 9.17) is 5.73 Å². The number of nitrogens with one attached hydrogen (secondary N) is 1. The Bertz CT molecular complexity index is 1010. The summed E-state index contributed by atoms with van der Waals surface area (Å²) in [7, 11) is 1.87. The summed E-state index contributed by atoms with van der Waals surface area (Å²) in [6, 6.07) is 3.62. The molecule has 27 heavy (non-hydrogen) atoms. The van der Waals surface area contributed by atoms with Crippen LogP contribution in [-0.2, 0) is 0 Å². The first kappa shape index (κ1) is 18.3. The number of rotatable bonds is 6. The largest absolute Gasteiger partial charge is 0.395 e. The first-order valence-electron chi connectivity index (χ1n) is 8.41. The summed E-state index contributed by atoms with van der Waals surface area (Å²) in [5.41, 5.74) is 7.84. The third-order valence-electron chi connectivity index (χ3n) is 4.24. The number of anilines is 3. The van der Waals surface area contributed by atoms with Gasteiger partial charge in [-0.05, 0) is 25.5 Å². The van der Waals surface area contributed by atoms with Crippen molar-refractivity contribution < 1.29 is 5.11 Å². The number of nitriles is 1. The van der Waals surface area contributed by atoms with Crippen LogP contribution in [0, 0.1) is 18.3 Å². The maximum atomic E-state index is 9.29. The minimum atomic E-state index is -0.347. The fourth-order valence-electron chi connectivity index (χ4n) is 2.77. The van der Waals surface area contributed by atoms with Crippen LogP contribution in [0.25, 0.3) is 5.52 Å². The van der Waals surface area contributed by atoms with Crippen molar-refractivity contribution in [2.45, 2.75) is 19.9 Å². The number of aromatic nitrogens is 5. The number of aliphatic hydroxyl groups excluding tert-OH is 1. The number of aliphatic hydroxyl groups is 1. The van der Waals surface area contributed by atoms with Gasteiger partial charge in [0.2, 0.25) is 0 Å². The second kappa shape index (κ2) is 7.43. The lowest BCUT2D eigenvalue weighted by Crippen LogP contribution is -2.25. The van der Waals surface area contributed by atoms with Crippen LogP contribution in [0.2, 0.25) is 0 Å². The molecule has 0 saturated carbocycles. The monoisotopic (exact) mass is 367 g/mol. The van der Waals surface area contributed by atoms with Crippen molar-refractivity contribution in [1.29, 1.82) is 5.26 Å². The number of hydrogen-bond donors (Lipinski definition) is 3. The van der Waals surface area contributed by atoms with Crippen molar-refractivity contribution in [3.63, 3.8) is 0 Å². The predicted molar refractivity (Wildman–Crippen MR) is 101 cm³/mol. The Morgan fingerprint density at radius 3 is 2.93 bits per heavy atom. The highest BCUT2D eigenvalue weighted by Crippen LogP contribution is 2.26. The first-order chi connectivity index (χ1) is 13.0. The molecule has 10 nitrogen and oxygen atoms in total. The van der Waals surface area contributed by atoms with E-state index in [1.54, 1.807) is 4.52 Å². The molecule has 0 aliphatic carbocycles. The molecule has 0 aliphatic heterocycles. The maximum Gasteiger partial charge on any atom is 0.173 e. The van der Waals surface area contributed by atoms with E-state index in [1.807, 2.05) is 44.1 Å². The molecule has 4 N–H and O–H groups in total. The molecule has 3 rings (SSSR count). The molecular weight excluding hydrogens is 346 g/mol. The lowest BCUT2D eigenvalue weighted by Gasteiger charge is -2.21. The van der Waals surface area contributed by atoms with E-state index >= 15 is 0 Å². The average molecular weight is 367 g/mol. The van der Waals surface area contributed by atoms with Gasteiger partial charge in [-0.1, -0.05) is 0 Å². The van der Waals surface area contributed by atoms with E-state index in [0.29, 0.717) is 24.0 Å². The number of hydrogen-bond acceptors (Lipinski definition) is 9. The van der Waals surface area contributed by atoms with Crippen LogP contribution in [0.5, 0.6) is 0 Å². The van der Waals surface area contributed by atoms with Crippen molar-refractivity contribution in [3.05, 3.63) is 35.5 Å². The van der Waals surface area contributed by atoms with Gasteiger partial charge in [0.15, 0.2) is 11.6 Å². The summed E-state index contributed by atoms with van der Waals surface area (Å²) < 4.78 is 1.76. The van der Waals surface area contributed by atoms with Crippen LogP contribution >= 0.6 is 0 Å². The third-order valence-corrected chi connectivity index (χ3v) is 4.24. The third kappa shape index (κ3) is 3.45. The zero-order chi connectivity index (χ0) is 19.6. The van der Waals surface area contributed by atoms with Crippen molar-refractivity contribution in [2.75, 3.05) is 36.1 Å². The molecule has 3 heterocycles. The van der Waals surface area contributed by atoms with E-state index in [2.05, 4.69) is 25.4 Å². The molecule has 0 aliphatic rings. The molecule has 0 fully saturated rings. The highest BCUT2D eigenvalue weighted by Gasteiger charge is 2.19. The number of fused-ring (bicyclic) bond motifs is 1. The second-order valence-corrected chi connectivity index (χ2v) is 6.19. The Balaban J connectivity index is 2.02. The Labute approximate surface area is 156 Å². The normalized spacial score (nSPS) is 12.0. The number of nitrogens with zero attached hydrogens (tertiary/aromatic N) is 7. The SMILES string of the molecule is Cc1ccn2nc([C@H](C)Nc3ncnc(N)c3C#N)nc(N(C)CCO)c12. The molecule has 140 valence electrons. The topological polar surface area (TPSA) is 141 Å². The van der Waals surface area contributed by atoms with Gasteiger partial charge in [0, 0.05) is 19.8 Å². The van der Waals surface area contributed by atoms with Crippen LogP contribution in [-0.4, -0.2) is 49.9 Å². The van der Waals surface area contributed by atoms with E-state index in [1.165, 1.54) is 6.33 Å². The maximum absolute atomic E-state index is 9.29. The molecule has 3 aromatic rings. The van der Waals surface area contributed by atoms with Gasteiger partial charge in [0.25, 0.3) is 0 Å². The number of likely N-dealkylation sites (N-methyl/N-ethyl adjacent to an activating group) is 1. The van der Waals surface area contributed by atoms with Crippen molar-refractivity contribution in [2.24, 2.45) is 0 Å². The fraction of sp³-hybridized carbons (Fsp3) is 0.353. The predicted octanol–water partition coefficient (Wildman–Crippen LogP) is 0.883. The smallest absolute Gasteiger partial charge is 0.173 e. The minimum Gasteiger partial charge on any atom is -0.395 e. The molecule has 0 radical (unpaired) electrons. The zero-order valence-electron chi connectivity index (χ0n) is 15.4. The van der Waals surface area contributed by atoms with Gasteiger partial charge in [-0.25, -0.2) is 19.5 Å². The van der Waals surface area contributed by atoms with Gasteiger partial charge in [-0.15, -0.1) is 0 Å². The highest BCUT2D eigenvalue weighted by atomic mass is 16.3. The minimum absolute atomic E-state index is 0.0152. The number of nitrogen functional groups attached to an aromatic ring is 1. The first-order valence-corrected chi connectivity index (χ1v) is 8.41. The highest BCUT2D eigenvalue weighted by molar-refractivity contribution is 5.73. The van der Waals surface area contributed by atoms with Crippen LogP contribution in [0.15, 0.2) is 18.6 Å². The summed E-state index contributed by atoms with van der Waals surface area (Å²) in [5.74, 6) is 1.67. The van der Waals surface area contributed by atoms with Gasteiger partial charge < -0.3 is 21.1 Å². The zero-order valence-corrected chi connectivity index (χ0v) is 15.4. The Hall–Kier alpha value is -3.45. The number of aryl methyl sites for hydroxylation is 1. The molecular formula is C17H21N9O. The van der Waals surface area contributed by atoms with Gasteiger partial charge in [-0.2, -0.15) is 10.4 Å². The van der Waals surface area contributed by atoms with E-state index in [9.17, 15) is 10.4 Å². The van der Waals surface area contributed by atoms with Gasteiger partial charge in [0.1, 0.15) is 35.1 Å². The molecule has 10 heteroatoms. The van der Waals surface area contributed by atoms with Gasteiger partial charge in [0.05, 0.1) is 12.6 Å². The summed E-state index contributed by atoms with van der Waals surface area (Å²) >= 11 is 0. The molecule has 0 aromatic carbocycles. The molecule has 0 amide bonds. The van der Waals surface area contributed by atoms with Gasteiger partial charge in [-0.3, -0.25) is 0 Å². The Kier molecular flexibility index (Phi) is 5.05. The molecule has 0 spiro atoms. The van der Waals surface area contributed by atoms with Crippen LogP contribution in [0.4, 0.5) is 17.5 Å². The lowest BCUT2D eigenvalue weighted by molar-refractivity contribution is 0.304. The summed E-state index contributed by atoms with van der Waals surface area (Å²) in [4.78, 5) is 14.5. The van der Waals surface area contributed by atoms with E-state index in [-0.39, 0.29) is 24.0 Å². The van der Waals surface area contributed by atoms with Crippen LogP contribution in [0.3, 0.4) is 0 Å². The van der Waals surface area contributed by atoms with Gasteiger partial charge >= 0.3 is 0 Å². The molecule has 0 bridgehead atoms. The molecule has 0 saturated heterocycles. The Morgan fingerprint density at radius 1 is 1.44 bits per heavy atom. The van der Waals surface area contributed by atoms with Crippen molar-refractivity contribution >= 4 is 23.0 Å². The number of nitrogens with two attached hydrogens (primary N) is 1. The quantitative estimate of drug-likeness (QED) is 0.579. The van der Waals surface area contributed by atoms with Crippen LogP contribution < -0.4 is 16.0 Å². The van der Waals surface area contributed by atoms with Crippen molar-refractivity contribution in [1.82, 2.24) is 24.6 Å². The average Bonchev–Trinajstić information content (AvgIpc) is 3.02. The van der Waals surface area contributed by atoms with Crippen LogP contribution in [0.1, 0.15) is 29.9 Å². The molecule has 1 atom stereocenters. The molecule has 3 aromatic heterocycles. The molecule has 0 unspecified atom stereocenters. The standard InChI is InChI=1S/C17H21N9O/c1-10-4-5-26-13(10)17(25(3)6-7-27)23-15(24-26)11(2)22-16-12(8-18)14(19)20-9-21-16/h4-5,9,11,27H,6-7H2,1-3H3,(H3,19,20,21,22)/t11-/m0/s1.